The molecule has 6 nitrogen and oxygen atoms in total. The number of anilines is 1. The van der Waals surface area contributed by atoms with Crippen molar-refractivity contribution in [3.05, 3.63) is 46.0 Å². The molecular formula is C25H33N3O3. The Morgan fingerprint density at radius 1 is 0.935 bits per heavy atom. The number of piperazine rings is 1. The zero-order valence-corrected chi connectivity index (χ0v) is 19.1. The highest BCUT2D eigenvalue weighted by Gasteiger charge is 2.39. The van der Waals surface area contributed by atoms with E-state index < -0.39 is 0 Å². The van der Waals surface area contributed by atoms with Crippen LogP contribution < -0.4 is 19.9 Å². The Hall–Kier alpha value is -2.44. The number of hydrogen-bond acceptors (Lipinski definition) is 6. The lowest BCUT2D eigenvalue weighted by molar-refractivity contribution is 0.0364. The molecule has 6 heteroatoms. The molecule has 2 aromatic rings. The smallest absolute Gasteiger partial charge is 0.231 e. The number of nitrogens with zero attached hydrogens (tertiary/aromatic N) is 2. The van der Waals surface area contributed by atoms with Crippen molar-refractivity contribution in [2.24, 2.45) is 0 Å². The molecule has 31 heavy (non-hydrogen) atoms. The summed E-state index contributed by atoms with van der Waals surface area (Å²) in [6.07, 6.45) is 0.927. The van der Waals surface area contributed by atoms with Crippen molar-refractivity contribution in [1.82, 2.24) is 9.80 Å². The number of nitrogen functional groups attached to an aromatic ring is 1. The van der Waals surface area contributed by atoms with Gasteiger partial charge in [0.25, 0.3) is 0 Å². The van der Waals surface area contributed by atoms with Gasteiger partial charge in [0, 0.05) is 56.9 Å². The number of benzene rings is 2. The summed E-state index contributed by atoms with van der Waals surface area (Å²) in [7, 11) is 0. The van der Waals surface area contributed by atoms with Crippen LogP contribution in [0.3, 0.4) is 0 Å². The minimum atomic E-state index is -0.197. The van der Waals surface area contributed by atoms with Crippen LogP contribution in [0, 0.1) is 20.8 Å². The fraction of sp³-hybridized carbons (Fsp3) is 0.520. The molecule has 1 unspecified atom stereocenters. The van der Waals surface area contributed by atoms with Crippen LogP contribution in [0.15, 0.2) is 18.2 Å². The molecular weight excluding hydrogens is 390 g/mol. The second-order valence-electron chi connectivity index (χ2n) is 9.57. The van der Waals surface area contributed by atoms with Crippen molar-refractivity contribution < 1.29 is 14.2 Å². The summed E-state index contributed by atoms with van der Waals surface area (Å²) in [6, 6.07) is 6.27. The monoisotopic (exact) mass is 423 g/mol. The highest BCUT2D eigenvalue weighted by Crippen LogP contribution is 2.44. The quantitative estimate of drug-likeness (QED) is 0.761. The van der Waals surface area contributed by atoms with E-state index in [-0.39, 0.29) is 5.60 Å². The lowest BCUT2D eigenvalue weighted by Gasteiger charge is -2.38. The van der Waals surface area contributed by atoms with Gasteiger partial charge in [-0.3, -0.25) is 9.80 Å². The Kier molecular flexibility index (Phi) is 5.02. The maximum absolute atomic E-state index is 6.57. The third kappa shape index (κ3) is 3.72. The first-order valence-corrected chi connectivity index (χ1v) is 11.2. The minimum absolute atomic E-state index is 0.197. The Morgan fingerprint density at radius 3 is 2.42 bits per heavy atom. The van der Waals surface area contributed by atoms with Gasteiger partial charge in [-0.25, -0.2) is 0 Å². The van der Waals surface area contributed by atoms with Crippen LogP contribution >= 0.6 is 0 Å². The second-order valence-corrected chi connectivity index (χ2v) is 9.57. The number of fused-ring (bicyclic) bond motifs is 2. The topological polar surface area (TPSA) is 60.2 Å². The Morgan fingerprint density at radius 2 is 1.65 bits per heavy atom. The summed E-state index contributed by atoms with van der Waals surface area (Å²) in [5.41, 5.74) is 13.2. The standard InChI is InChI=1S/C25H33N3O3/c1-16-17(2)24-20(18(3)23(16)26)12-25(4,31-24)14-28-9-7-27(8-10-28)13-19-5-6-21-22(11-19)30-15-29-21/h5-6,11H,7-10,12-15,26H2,1-4H3. The molecule has 1 saturated heterocycles. The molecule has 3 aliphatic rings. The van der Waals surface area contributed by atoms with E-state index in [1.165, 1.54) is 22.3 Å². The molecule has 5 rings (SSSR count). The van der Waals surface area contributed by atoms with Crippen molar-refractivity contribution >= 4 is 5.69 Å². The van der Waals surface area contributed by atoms with Gasteiger partial charge in [-0.05, 0) is 62.1 Å². The molecule has 2 aromatic carbocycles. The fourth-order valence-electron chi connectivity index (χ4n) is 5.18. The predicted molar refractivity (Wildman–Crippen MR) is 122 cm³/mol. The van der Waals surface area contributed by atoms with Crippen LogP contribution in [-0.4, -0.2) is 54.9 Å². The van der Waals surface area contributed by atoms with Gasteiger partial charge in [-0.2, -0.15) is 0 Å². The van der Waals surface area contributed by atoms with Gasteiger partial charge in [0.2, 0.25) is 6.79 Å². The lowest BCUT2D eigenvalue weighted by Crippen LogP contribution is -2.52. The molecule has 0 aromatic heterocycles. The molecule has 0 aliphatic carbocycles. The number of rotatable bonds is 4. The van der Waals surface area contributed by atoms with Gasteiger partial charge in [0.15, 0.2) is 11.5 Å². The molecule has 0 amide bonds. The van der Waals surface area contributed by atoms with Gasteiger partial charge in [-0.15, -0.1) is 0 Å². The summed E-state index contributed by atoms with van der Waals surface area (Å²) in [5, 5.41) is 0. The van der Waals surface area contributed by atoms with Crippen LogP contribution in [0.4, 0.5) is 5.69 Å². The molecule has 0 spiro atoms. The summed E-state index contributed by atoms with van der Waals surface area (Å²) in [5.74, 6) is 2.78. The van der Waals surface area contributed by atoms with E-state index in [0.717, 1.165) is 74.2 Å². The average molecular weight is 424 g/mol. The normalized spacial score (nSPS) is 23.1. The minimum Gasteiger partial charge on any atom is -0.485 e. The van der Waals surface area contributed by atoms with E-state index in [1.54, 1.807) is 0 Å². The van der Waals surface area contributed by atoms with Gasteiger partial charge < -0.3 is 19.9 Å². The maximum atomic E-state index is 6.57. The van der Waals surface area contributed by atoms with Gasteiger partial charge in [0.1, 0.15) is 11.4 Å². The maximum Gasteiger partial charge on any atom is 0.231 e. The van der Waals surface area contributed by atoms with Crippen molar-refractivity contribution in [3.8, 4) is 17.2 Å². The molecule has 3 heterocycles. The van der Waals surface area contributed by atoms with Crippen LogP contribution in [0.1, 0.15) is 34.7 Å². The first kappa shape index (κ1) is 20.5. The first-order chi connectivity index (χ1) is 14.8. The van der Waals surface area contributed by atoms with E-state index in [4.69, 9.17) is 19.9 Å². The molecule has 0 bridgehead atoms. The van der Waals surface area contributed by atoms with Crippen molar-refractivity contribution in [2.45, 2.75) is 46.3 Å². The molecule has 3 aliphatic heterocycles. The fourth-order valence-corrected chi connectivity index (χ4v) is 5.18. The molecule has 166 valence electrons. The van der Waals surface area contributed by atoms with Crippen molar-refractivity contribution in [3.63, 3.8) is 0 Å². The molecule has 1 fully saturated rings. The van der Waals surface area contributed by atoms with E-state index >= 15 is 0 Å². The van der Waals surface area contributed by atoms with E-state index in [0.29, 0.717) is 6.79 Å². The molecule has 0 saturated carbocycles. The van der Waals surface area contributed by atoms with Crippen molar-refractivity contribution in [1.29, 1.82) is 0 Å². The third-order valence-corrected chi connectivity index (χ3v) is 7.20. The number of nitrogens with two attached hydrogens (primary N) is 1. The first-order valence-electron chi connectivity index (χ1n) is 11.2. The average Bonchev–Trinajstić information content (AvgIpc) is 3.36. The van der Waals surface area contributed by atoms with E-state index in [1.807, 2.05) is 6.07 Å². The van der Waals surface area contributed by atoms with Gasteiger partial charge >= 0.3 is 0 Å². The SMILES string of the molecule is Cc1c(C)c2c(c(C)c1N)CC(C)(CN1CCN(Cc3ccc4c(c3)OCO4)CC1)O2. The largest absolute Gasteiger partial charge is 0.485 e. The van der Waals surface area contributed by atoms with Gasteiger partial charge in [0.05, 0.1) is 0 Å². The molecule has 2 N–H and O–H groups in total. The Balaban J connectivity index is 1.19. The molecule has 0 radical (unpaired) electrons. The zero-order chi connectivity index (χ0) is 21.8. The number of ether oxygens (including phenoxy) is 3. The van der Waals surface area contributed by atoms with Crippen LogP contribution in [0.2, 0.25) is 0 Å². The van der Waals surface area contributed by atoms with Crippen molar-refractivity contribution in [2.75, 3.05) is 45.3 Å². The predicted octanol–water partition coefficient (Wildman–Crippen LogP) is 3.43. The summed E-state index contributed by atoms with van der Waals surface area (Å²) < 4.78 is 17.5. The Bertz CT molecular complexity index is 975. The van der Waals surface area contributed by atoms with Crippen LogP contribution in [0.25, 0.3) is 0 Å². The second kappa shape index (κ2) is 7.61. The van der Waals surface area contributed by atoms with Crippen LogP contribution in [0.5, 0.6) is 17.2 Å². The van der Waals surface area contributed by atoms with E-state index in [9.17, 15) is 0 Å². The highest BCUT2D eigenvalue weighted by molar-refractivity contribution is 5.66. The summed E-state index contributed by atoms with van der Waals surface area (Å²) in [4.78, 5) is 5.06. The lowest BCUT2D eigenvalue weighted by atomic mass is 9.91. The summed E-state index contributed by atoms with van der Waals surface area (Å²) in [6.45, 7) is 15.0. The Labute approximate surface area is 184 Å². The van der Waals surface area contributed by atoms with Gasteiger partial charge in [-0.1, -0.05) is 6.07 Å². The number of hydrogen-bond donors (Lipinski definition) is 1. The van der Waals surface area contributed by atoms with E-state index in [2.05, 4.69) is 49.6 Å². The van der Waals surface area contributed by atoms with Crippen LogP contribution in [-0.2, 0) is 13.0 Å². The molecule has 1 atom stereocenters. The zero-order valence-electron chi connectivity index (χ0n) is 19.1. The summed E-state index contributed by atoms with van der Waals surface area (Å²) >= 11 is 0. The highest BCUT2D eigenvalue weighted by atomic mass is 16.7. The third-order valence-electron chi connectivity index (χ3n) is 7.20.